The number of piperidine rings is 1. The molecular weight excluding hydrogens is 459 g/mol. The van der Waals surface area contributed by atoms with E-state index in [2.05, 4.69) is 5.32 Å². The standard InChI is InChI=1S/C22H26Cl2N2O4S/c1-2-13-31(28,29)26-11-9-18(10-12-26)25-22(27)19-5-3-4-6-21(19)30-15-16-7-8-17(23)14-20(16)24/h3-8,14,18H,2,9-13,15H2,1H3,(H,25,27). The molecule has 31 heavy (non-hydrogen) atoms. The molecule has 6 nitrogen and oxygen atoms in total. The van der Waals surface area contributed by atoms with Crippen LogP contribution in [0, 0.1) is 0 Å². The van der Waals surface area contributed by atoms with Gasteiger partial charge in [-0.25, -0.2) is 12.7 Å². The van der Waals surface area contributed by atoms with Crippen molar-refractivity contribution in [2.75, 3.05) is 18.8 Å². The Morgan fingerprint density at radius 3 is 2.55 bits per heavy atom. The normalized spacial score (nSPS) is 15.6. The van der Waals surface area contributed by atoms with Crippen LogP contribution in [0.2, 0.25) is 10.0 Å². The summed E-state index contributed by atoms with van der Waals surface area (Å²) in [6.07, 6.45) is 1.76. The van der Waals surface area contributed by atoms with E-state index < -0.39 is 10.0 Å². The van der Waals surface area contributed by atoms with Crippen LogP contribution in [0.25, 0.3) is 0 Å². The predicted molar refractivity (Wildman–Crippen MR) is 123 cm³/mol. The van der Waals surface area contributed by atoms with Gasteiger partial charge in [0.1, 0.15) is 12.4 Å². The van der Waals surface area contributed by atoms with Crippen LogP contribution in [0.3, 0.4) is 0 Å². The van der Waals surface area contributed by atoms with E-state index >= 15 is 0 Å². The number of ether oxygens (including phenoxy) is 1. The Kier molecular flexibility index (Phi) is 8.22. The molecule has 168 valence electrons. The summed E-state index contributed by atoms with van der Waals surface area (Å²) in [4.78, 5) is 12.9. The minimum Gasteiger partial charge on any atom is -0.488 e. The van der Waals surface area contributed by atoms with Gasteiger partial charge in [-0.3, -0.25) is 4.79 Å². The molecular formula is C22H26Cl2N2O4S. The molecule has 1 saturated heterocycles. The van der Waals surface area contributed by atoms with Gasteiger partial charge in [0.05, 0.1) is 11.3 Å². The average Bonchev–Trinajstić information content (AvgIpc) is 2.74. The number of sulfonamides is 1. The Morgan fingerprint density at radius 2 is 1.87 bits per heavy atom. The zero-order chi connectivity index (χ0) is 22.4. The van der Waals surface area contributed by atoms with E-state index in [1.54, 1.807) is 42.5 Å². The molecule has 0 aliphatic carbocycles. The summed E-state index contributed by atoms with van der Waals surface area (Å²) in [5.74, 6) is 0.369. The highest BCUT2D eigenvalue weighted by Crippen LogP contribution is 2.25. The Labute approximate surface area is 193 Å². The van der Waals surface area contributed by atoms with E-state index in [0.29, 0.717) is 53.7 Å². The van der Waals surface area contributed by atoms with Crippen molar-refractivity contribution in [1.82, 2.24) is 9.62 Å². The van der Waals surface area contributed by atoms with Crippen molar-refractivity contribution in [3.8, 4) is 5.75 Å². The number of benzene rings is 2. The van der Waals surface area contributed by atoms with E-state index in [1.807, 2.05) is 6.92 Å². The van der Waals surface area contributed by atoms with Gasteiger partial charge >= 0.3 is 0 Å². The first kappa shape index (κ1) is 23.9. The van der Waals surface area contributed by atoms with E-state index in [0.717, 1.165) is 5.56 Å². The maximum atomic E-state index is 12.9. The monoisotopic (exact) mass is 484 g/mol. The molecule has 1 aliphatic heterocycles. The second-order valence-corrected chi connectivity index (χ2v) is 10.4. The fourth-order valence-electron chi connectivity index (χ4n) is 3.50. The van der Waals surface area contributed by atoms with Gasteiger partial charge in [0, 0.05) is 34.7 Å². The SMILES string of the molecule is CCCS(=O)(=O)N1CCC(NC(=O)c2ccccc2OCc2ccc(Cl)cc2Cl)CC1. The van der Waals surface area contributed by atoms with Gasteiger partial charge in [-0.15, -0.1) is 0 Å². The van der Waals surface area contributed by atoms with Gasteiger partial charge in [-0.05, 0) is 43.5 Å². The highest BCUT2D eigenvalue weighted by Gasteiger charge is 2.28. The van der Waals surface area contributed by atoms with Gasteiger partial charge in [0.2, 0.25) is 10.0 Å². The van der Waals surface area contributed by atoms with Crippen LogP contribution in [-0.2, 0) is 16.6 Å². The topological polar surface area (TPSA) is 75.7 Å². The second kappa shape index (κ2) is 10.7. The van der Waals surface area contributed by atoms with Gasteiger partial charge in [0.15, 0.2) is 0 Å². The molecule has 0 radical (unpaired) electrons. The molecule has 1 N–H and O–H groups in total. The number of para-hydroxylation sites is 1. The van der Waals surface area contributed by atoms with Gasteiger partial charge < -0.3 is 10.1 Å². The second-order valence-electron chi connectivity index (χ2n) is 7.48. The zero-order valence-corrected chi connectivity index (χ0v) is 19.6. The number of nitrogens with zero attached hydrogens (tertiary/aromatic N) is 1. The van der Waals surface area contributed by atoms with Crippen LogP contribution in [0.1, 0.15) is 42.1 Å². The van der Waals surface area contributed by atoms with E-state index in [9.17, 15) is 13.2 Å². The Morgan fingerprint density at radius 1 is 1.16 bits per heavy atom. The predicted octanol–water partition coefficient (Wildman–Crippen LogP) is 4.51. The molecule has 2 aromatic rings. The molecule has 9 heteroatoms. The molecule has 2 aromatic carbocycles. The highest BCUT2D eigenvalue weighted by molar-refractivity contribution is 7.89. The first-order valence-corrected chi connectivity index (χ1v) is 12.6. The van der Waals surface area contributed by atoms with E-state index in [1.165, 1.54) is 4.31 Å². The number of nitrogens with one attached hydrogen (secondary N) is 1. The largest absolute Gasteiger partial charge is 0.488 e. The molecule has 0 saturated carbocycles. The third-order valence-corrected chi connectivity index (χ3v) is 7.84. The number of halogens is 2. The van der Waals surface area contributed by atoms with Crippen LogP contribution < -0.4 is 10.1 Å². The Bertz CT molecular complexity index is 1020. The fraction of sp³-hybridized carbons (Fsp3) is 0.409. The molecule has 1 amide bonds. The maximum absolute atomic E-state index is 12.9. The lowest BCUT2D eigenvalue weighted by Gasteiger charge is -2.31. The van der Waals surface area contributed by atoms with Gasteiger partial charge in [0.25, 0.3) is 5.91 Å². The molecule has 1 aliphatic rings. The number of amides is 1. The van der Waals surface area contributed by atoms with Crippen LogP contribution in [0.15, 0.2) is 42.5 Å². The van der Waals surface area contributed by atoms with Crippen LogP contribution >= 0.6 is 23.2 Å². The minimum atomic E-state index is -3.20. The highest BCUT2D eigenvalue weighted by atomic mass is 35.5. The summed E-state index contributed by atoms with van der Waals surface area (Å²) in [7, 11) is -3.20. The van der Waals surface area contributed by atoms with Crippen molar-refractivity contribution >= 4 is 39.1 Å². The lowest BCUT2D eigenvalue weighted by Crippen LogP contribution is -2.47. The third kappa shape index (κ3) is 6.35. The van der Waals surface area contributed by atoms with Crippen molar-refractivity contribution in [1.29, 1.82) is 0 Å². The summed E-state index contributed by atoms with van der Waals surface area (Å²) < 4.78 is 31.8. The molecule has 0 bridgehead atoms. The number of carbonyl (C=O) groups is 1. The summed E-state index contributed by atoms with van der Waals surface area (Å²) in [6, 6.07) is 12.1. The molecule has 0 unspecified atom stereocenters. The molecule has 0 aromatic heterocycles. The molecule has 0 spiro atoms. The minimum absolute atomic E-state index is 0.0839. The first-order chi connectivity index (χ1) is 14.8. The van der Waals surface area contributed by atoms with Crippen molar-refractivity contribution in [2.45, 2.75) is 38.8 Å². The quantitative estimate of drug-likeness (QED) is 0.597. The van der Waals surface area contributed by atoms with E-state index in [-0.39, 0.29) is 24.3 Å². The Hall–Kier alpha value is -1.80. The molecule has 1 fully saturated rings. The number of carbonyl (C=O) groups excluding carboxylic acids is 1. The zero-order valence-electron chi connectivity index (χ0n) is 17.3. The smallest absolute Gasteiger partial charge is 0.255 e. The molecule has 0 atom stereocenters. The lowest BCUT2D eigenvalue weighted by atomic mass is 10.1. The maximum Gasteiger partial charge on any atom is 0.255 e. The van der Waals surface area contributed by atoms with Gasteiger partial charge in [-0.2, -0.15) is 0 Å². The van der Waals surface area contributed by atoms with Crippen molar-refractivity contribution < 1.29 is 17.9 Å². The van der Waals surface area contributed by atoms with Crippen molar-refractivity contribution in [2.24, 2.45) is 0 Å². The number of hydrogen-bond donors (Lipinski definition) is 1. The summed E-state index contributed by atoms with van der Waals surface area (Å²) in [6.45, 7) is 2.89. The van der Waals surface area contributed by atoms with Gasteiger partial charge in [-0.1, -0.05) is 48.3 Å². The fourth-order valence-corrected chi connectivity index (χ4v) is 5.51. The summed E-state index contributed by atoms with van der Waals surface area (Å²) in [5.41, 5.74) is 1.19. The van der Waals surface area contributed by atoms with Crippen LogP contribution in [0.5, 0.6) is 5.75 Å². The van der Waals surface area contributed by atoms with E-state index in [4.69, 9.17) is 27.9 Å². The number of hydrogen-bond acceptors (Lipinski definition) is 4. The molecule has 3 rings (SSSR count). The Balaban J connectivity index is 1.60. The first-order valence-electron chi connectivity index (χ1n) is 10.2. The average molecular weight is 485 g/mol. The third-order valence-electron chi connectivity index (χ3n) is 5.17. The van der Waals surface area contributed by atoms with Crippen molar-refractivity contribution in [3.63, 3.8) is 0 Å². The van der Waals surface area contributed by atoms with Crippen LogP contribution in [0.4, 0.5) is 0 Å². The lowest BCUT2D eigenvalue weighted by molar-refractivity contribution is 0.0919. The number of rotatable bonds is 8. The summed E-state index contributed by atoms with van der Waals surface area (Å²) >= 11 is 12.1. The summed E-state index contributed by atoms with van der Waals surface area (Å²) in [5, 5.41) is 4.06. The van der Waals surface area contributed by atoms with Crippen molar-refractivity contribution in [3.05, 3.63) is 63.6 Å². The molecule has 1 heterocycles. The van der Waals surface area contributed by atoms with Crippen LogP contribution in [-0.4, -0.2) is 43.5 Å².